The molecule has 0 aromatic heterocycles. The van der Waals surface area contributed by atoms with Crippen LogP contribution in [0.15, 0.2) is 18.2 Å². The van der Waals surface area contributed by atoms with E-state index in [0.717, 1.165) is 24.3 Å². The molecule has 2 rings (SSSR count). The highest BCUT2D eigenvalue weighted by Crippen LogP contribution is 2.26. The molecular weight excluding hydrogens is 262 g/mol. The quantitative estimate of drug-likeness (QED) is 0.899. The van der Waals surface area contributed by atoms with Crippen molar-refractivity contribution in [1.29, 1.82) is 0 Å². The Morgan fingerprint density at radius 3 is 2.43 bits per heavy atom. The molecule has 1 aromatic rings. The number of nitrogens with zero attached hydrogens (tertiary/aromatic N) is 1. The Balaban J connectivity index is 2.09. The molecular formula is C17H27N3O. The first-order valence-corrected chi connectivity index (χ1v) is 7.71. The standard InChI is InChI=1S/C17H27N3O/c1-12-11-13(20-9-5-6-10-20)7-8-14(12)19-16(21)15(18)17(2,3)4/h7-8,11,15H,5-6,9-10,18H2,1-4H3,(H,19,21)/t15-/m1/s1. The first-order valence-electron chi connectivity index (χ1n) is 7.71. The Bertz CT molecular complexity index is 513. The summed E-state index contributed by atoms with van der Waals surface area (Å²) in [5, 5.41) is 2.95. The van der Waals surface area contributed by atoms with Gasteiger partial charge in [-0.3, -0.25) is 4.79 Å². The van der Waals surface area contributed by atoms with Gasteiger partial charge >= 0.3 is 0 Å². The van der Waals surface area contributed by atoms with Gasteiger partial charge in [-0.1, -0.05) is 20.8 Å². The van der Waals surface area contributed by atoms with Crippen LogP contribution in [0.2, 0.25) is 0 Å². The van der Waals surface area contributed by atoms with Crippen molar-refractivity contribution in [3.8, 4) is 0 Å². The molecule has 1 amide bonds. The molecule has 1 heterocycles. The number of hydrogen-bond donors (Lipinski definition) is 2. The fraction of sp³-hybridized carbons (Fsp3) is 0.588. The Morgan fingerprint density at radius 1 is 1.29 bits per heavy atom. The van der Waals surface area contributed by atoms with E-state index >= 15 is 0 Å². The monoisotopic (exact) mass is 289 g/mol. The summed E-state index contributed by atoms with van der Waals surface area (Å²) >= 11 is 0. The zero-order valence-corrected chi connectivity index (χ0v) is 13.6. The van der Waals surface area contributed by atoms with Crippen LogP contribution < -0.4 is 16.0 Å². The highest BCUT2D eigenvalue weighted by molar-refractivity contribution is 5.96. The van der Waals surface area contributed by atoms with Crippen molar-refractivity contribution >= 4 is 17.3 Å². The second-order valence-corrected chi connectivity index (χ2v) is 7.03. The topological polar surface area (TPSA) is 58.4 Å². The van der Waals surface area contributed by atoms with Crippen LogP contribution in [0.1, 0.15) is 39.2 Å². The van der Waals surface area contributed by atoms with Crippen molar-refractivity contribution in [3.63, 3.8) is 0 Å². The lowest BCUT2D eigenvalue weighted by Crippen LogP contribution is -2.45. The van der Waals surface area contributed by atoms with Crippen molar-refractivity contribution in [1.82, 2.24) is 0 Å². The summed E-state index contributed by atoms with van der Waals surface area (Å²) in [7, 11) is 0. The van der Waals surface area contributed by atoms with Gasteiger partial charge in [0.1, 0.15) is 0 Å². The number of rotatable bonds is 3. The van der Waals surface area contributed by atoms with Gasteiger partial charge in [0.25, 0.3) is 0 Å². The van der Waals surface area contributed by atoms with Gasteiger partial charge in [0.2, 0.25) is 5.91 Å². The number of hydrogen-bond acceptors (Lipinski definition) is 3. The summed E-state index contributed by atoms with van der Waals surface area (Å²) in [6, 6.07) is 5.69. The van der Waals surface area contributed by atoms with E-state index in [9.17, 15) is 4.79 Å². The van der Waals surface area contributed by atoms with Crippen LogP contribution >= 0.6 is 0 Å². The predicted octanol–water partition coefficient (Wildman–Crippen LogP) is 2.91. The first-order chi connectivity index (χ1) is 9.79. The summed E-state index contributed by atoms with van der Waals surface area (Å²) in [4.78, 5) is 14.6. The van der Waals surface area contributed by atoms with Gasteiger partial charge in [-0.15, -0.1) is 0 Å². The lowest BCUT2D eigenvalue weighted by atomic mass is 9.87. The zero-order valence-electron chi connectivity index (χ0n) is 13.6. The molecule has 0 aliphatic carbocycles. The van der Waals surface area contributed by atoms with Gasteiger partial charge in [0, 0.05) is 24.5 Å². The number of carbonyl (C=O) groups is 1. The third kappa shape index (κ3) is 3.76. The number of amides is 1. The molecule has 1 aromatic carbocycles. The maximum absolute atomic E-state index is 12.2. The van der Waals surface area contributed by atoms with Crippen molar-refractivity contribution in [2.24, 2.45) is 11.1 Å². The largest absolute Gasteiger partial charge is 0.372 e. The minimum Gasteiger partial charge on any atom is -0.372 e. The van der Waals surface area contributed by atoms with E-state index in [2.05, 4.69) is 22.3 Å². The van der Waals surface area contributed by atoms with Crippen molar-refractivity contribution in [2.45, 2.75) is 46.6 Å². The summed E-state index contributed by atoms with van der Waals surface area (Å²) in [6.07, 6.45) is 2.52. The van der Waals surface area contributed by atoms with Gasteiger partial charge in [-0.2, -0.15) is 0 Å². The van der Waals surface area contributed by atoms with E-state index in [1.54, 1.807) is 0 Å². The molecule has 0 bridgehead atoms. The Kier molecular flexibility index (Phi) is 4.57. The maximum atomic E-state index is 12.2. The summed E-state index contributed by atoms with van der Waals surface area (Å²) in [5.74, 6) is -0.125. The van der Waals surface area contributed by atoms with Crippen molar-refractivity contribution in [2.75, 3.05) is 23.3 Å². The van der Waals surface area contributed by atoms with Crippen molar-refractivity contribution in [3.05, 3.63) is 23.8 Å². The SMILES string of the molecule is Cc1cc(N2CCCC2)ccc1NC(=O)[C@@H](N)C(C)(C)C. The van der Waals surface area contributed by atoms with Gasteiger partial charge in [-0.05, 0) is 48.9 Å². The number of nitrogens with one attached hydrogen (secondary N) is 1. The molecule has 3 N–H and O–H groups in total. The van der Waals surface area contributed by atoms with E-state index in [4.69, 9.17) is 5.73 Å². The van der Waals surface area contributed by atoms with E-state index in [1.165, 1.54) is 18.5 Å². The number of aryl methyl sites for hydroxylation is 1. The molecule has 4 nitrogen and oxygen atoms in total. The number of benzene rings is 1. The molecule has 0 unspecified atom stereocenters. The Labute approximate surface area is 127 Å². The molecule has 1 aliphatic rings. The van der Waals surface area contributed by atoms with E-state index < -0.39 is 6.04 Å². The molecule has 1 aliphatic heterocycles. The molecule has 116 valence electrons. The number of anilines is 2. The smallest absolute Gasteiger partial charge is 0.241 e. The first kappa shape index (κ1) is 15.8. The second kappa shape index (κ2) is 6.06. The van der Waals surface area contributed by atoms with E-state index in [0.29, 0.717) is 0 Å². The third-order valence-electron chi connectivity index (χ3n) is 4.15. The van der Waals surface area contributed by atoms with Crippen molar-refractivity contribution < 1.29 is 4.79 Å². The highest BCUT2D eigenvalue weighted by Gasteiger charge is 2.27. The van der Waals surface area contributed by atoms with Crippen LogP contribution in [0, 0.1) is 12.3 Å². The highest BCUT2D eigenvalue weighted by atomic mass is 16.2. The fourth-order valence-corrected chi connectivity index (χ4v) is 2.56. The predicted molar refractivity (Wildman–Crippen MR) is 88.7 cm³/mol. The maximum Gasteiger partial charge on any atom is 0.241 e. The fourth-order valence-electron chi connectivity index (χ4n) is 2.56. The molecule has 0 radical (unpaired) electrons. The van der Waals surface area contributed by atoms with Crippen LogP contribution in [0.3, 0.4) is 0 Å². The average Bonchev–Trinajstić information content (AvgIpc) is 2.93. The molecule has 1 saturated heterocycles. The second-order valence-electron chi connectivity index (χ2n) is 7.03. The Hall–Kier alpha value is -1.55. The average molecular weight is 289 g/mol. The summed E-state index contributed by atoms with van der Waals surface area (Å²) in [5.41, 5.74) is 8.93. The van der Waals surface area contributed by atoms with Crippen LogP contribution in [0.5, 0.6) is 0 Å². The Morgan fingerprint density at radius 2 is 1.90 bits per heavy atom. The minimum atomic E-state index is -0.518. The van der Waals surface area contributed by atoms with Crippen LogP contribution in [-0.4, -0.2) is 25.0 Å². The molecule has 1 atom stereocenters. The van der Waals surface area contributed by atoms with Crippen LogP contribution in [0.25, 0.3) is 0 Å². The van der Waals surface area contributed by atoms with Gasteiger partial charge in [0.05, 0.1) is 6.04 Å². The molecule has 1 fully saturated rings. The minimum absolute atomic E-state index is 0.125. The lowest BCUT2D eigenvalue weighted by Gasteiger charge is -2.26. The molecule has 21 heavy (non-hydrogen) atoms. The van der Waals surface area contributed by atoms with Gasteiger partial charge < -0.3 is 16.0 Å². The zero-order chi connectivity index (χ0) is 15.6. The van der Waals surface area contributed by atoms with Gasteiger partial charge in [-0.25, -0.2) is 0 Å². The van der Waals surface area contributed by atoms with E-state index in [-0.39, 0.29) is 11.3 Å². The normalized spacial score (nSPS) is 16.9. The summed E-state index contributed by atoms with van der Waals surface area (Å²) < 4.78 is 0. The molecule has 0 saturated carbocycles. The molecule has 0 spiro atoms. The number of carbonyl (C=O) groups excluding carboxylic acids is 1. The van der Waals surface area contributed by atoms with Crippen LogP contribution in [0.4, 0.5) is 11.4 Å². The summed E-state index contributed by atoms with van der Waals surface area (Å²) in [6.45, 7) is 10.2. The third-order valence-corrected chi connectivity index (χ3v) is 4.15. The number of nitrogens with two attached hydrogens (primary N) is 1. The lowest BCUT2D eigenvalue weighted by molar-refractivity contribution is -0.119. The molecule has 4 heteroatoms. The van der Waals surface area contributed by atoms with Gasteiger partial charge in [0.15, 0.2) is 0 Å². The van der Waals surface area contributed by atoms with Crippen LogP contribution in [-0.2, 0) is 4.79 Å². The van der Waals surface area contributed by atoms with E-state index in [1.807, 2.05) is 33.8 Å².